The van der Waals surface area contributed by atoms with E-state index in [2.05, 4.69) is 40.3 Å². The van der Waals surface area contributed by atoms with Crippen LogP contribution >= 0.6 is 0 Å². The van der Waals surface area contributed by atoms with Crippen LogP contribution in [0.4, 0.5) is 0 Å². The average Bonchev–Trinajstić information content (AvgIpc) is 2.11. The molecule has 0 saturated carbocycles. The number of rotatable bonds is 6. The molecule has 0 fully saturated rings. The summed E-state index contributed by atoms with van der Waals surface area (Å²) in [6.07, 6.45) is 7.37. The second-order valence-corrected chi connectivity index (χ2v) is 3.96. The molecule has 0 aliphatic carbocycles. The quantitative estimate of drug-likeness (QED) is 0.519. The van der Waals surface area contributed by atoms with Crippen LogP contribution < -0.4 is 0 Å². The minimum atomic E-state index is 0.698. The van der Waals surface area contributed by atoms with E-state index in [0.29, 0.717) is 5.92 Å². The van der Waals surface area contributed by atoms with Crippen molar-refractivity contribution in [3.05, 3.63) is 23.8 Å². The van der Waals surface area contributed by atoms with Gasteiger partial charge in [-0.15, -0.1) is 0 Å². The Labute approximate surface area is 83.7 Å². The summed E-state index contributed by atoms with van der Waals surface area (Å²) >= 11 is 0. The summed E-state index contributed by atoms with van der Waals surface area (Å²) < 4.78 is 0. The topological polar surface area (TPSA) is 0 Å². The third kappa shape index (κ3) is 5.68. The second-order valence-electron chi connectivity index (χ2n) is 3.96. The van der Waals surface area contributed by atoms with Gasteiger partial charge in [0.1, 0.15) is 0 Å². The minimum Gasteiger partial charge on any atom is -0.0958 e. The van der Waals surface area contributed by atoms with Gasteiger partial charge in [-0.25, -0.2) is 0 Å². The van der Waals surface area contributed by atoms with Gasteiger partial charge in [-0.3, -0.25) is 0 Å². The smallest absolute Gasteiger partial charge is 0.0259 e. The van der Waals surface area contributed by atoms with Gasteiger partial charge in [-0.05, 0) is 31.3 Å². The third-order valence-electron chi connectivity index (χ3n) is 2.48. The van der Waals surface area contributed by atoms with E-state index in [4.69, 9.17) is 0 Å². The lowest BCUT2D eigenvalue weighted by molar-refractivity contribution is 0.683. The van der Waals surface area contributed by atoms with Crippen molar-refractivity contribution >= 4 is 0 Å². The normalized spacial score (nSPS) is 14.3. The molecule has 13 heavy (non-hydrogen) atoms. The van der Waals surface area contributed by atoms with Gasteiger partial charge in [0, 0.05) is 0 Å². The average molecular weight is 180 g/mol. The van der Waals surface area contributed by atoms with Crippen LogP contribution in [0.15, 0.2) is 23.8 Å². The fraction of sp³-hybridized carbons (Fsp3) is 0.692. The standard InChI is InChI=1S/C13H24/c1-6-8-9-13(11(3)4)10-12(5)7-2/h10,12H,3,6-9H2,1-2,4-5H3. The van der Waals surface area contributed by atoms with Crippen molar-refractivity contribution in [1.82, 2.24) is 0 Å². The molecule has 0 aromatic rings. The van der Waals surface area contributed by atoms with Crippen LogP contribution in [-0.4, -0.2) is 0 Å². The molecule has 0 bridgehead atoms. The molecule has 76 valence electrons. The molecule has 0 heterocycles. The van der Waals surface area contributed by atoms with Crippen molar-refractivity contribution in [2.75, 3.05) is 0 Å². The van der Waals surface area contributed by atoms with Gasteiger partial charge in [0.2, 0.25) is 0 Å². The maximum atomic E-state index is 4.03. The highest BCUT2D eigenvalue weighted by molar-refractivity contribution is 5.26. The predicted octanol–water partition coefficient (Wildman–Crippen LogP) is 4.73. The third-order valence-corrected chi connectivity index (χ3v) is 2.48. The fourth-order valence-electron chi connectivity index (χ4n) is 1.27. The van der Waals surface area contributed by atoms with Crippen molar-refractivity contribution in [1.29, 1.82) is 0 Å². The van der Waals surface area contributed by atoms with Gasteiger partial charge in [-0.1, -0.05) is 51.8 Å². The maximum Gasteiger partial charge on any atom is -0.0259 e. The van der Waals surface area contributed by atoms with Gasteiger partial charge in [0.05, 0.1) is 0 Å². The Kier molecular flexibility index (Phi) is 6.66. The highest BCUT2D eigenvalue weighted by Gasteiger charge is 2.00. The first-order valence-electron chi connectivity index (χ1n) is 5.48. The molecule has 1 atom stereocenters. The molecular formula is C13H24. The van der Waals surface area contributed by atoms with E-state index in [1.165, 1.54) is 36.8 Å². The Hall–Kier alpha value is -0.520. The molecule has 0 aromatic heterocycles. The first-order chi connectivity index (χ1) is 6.11. The molecule has 0 aliphatic rings. The van der Waals surface area contributed by atoms with Crippen LogP contribution in [0.3, 0.4) is 0 Å². The second kappa shape index (κ2) is 6.94. The predicted molar refractivity (Wildman–Crippen MR) is 61.9 cm³/mol. The largest absolute Gasteiger partial charge is 0.0958 e. The molecule has 0 aromatic carbocycles. The van der Waals surface area contributed by atoms with Crippen molar-refractivity contribution in [3.8, 4) is 0 Å². The molecule has 0 amide bonds. The monoisotopic (exact) mass is 180 g/mol. The first-order valence-corrected chi connectivity index (χ1v) is 5.48. The SMILES string of the molecule is C=C(C)C(=CC(C)CC)CCCC. The molecule has 1 unspecified atom stereocenters. The van der Waals surface area contributed by atoms with Crippen molar-refractivity contribution in [2.45, 2.75) is 53.4 Å². The molecule has 0 heteroatoms. The summed E-state index contributed by atoms with van der Waals surface area (Å²) in [6.45, 7) is 12.9. The van der Waals surface area contributed by atoms with Gasteiger partial charge >= 0.3 is 0 Å². The molecule has 0 aliphatic heterocycles. The molecule has 0 nitrogen and oxygen atoms in total. The Balaban J connectivity index is 4.23. The van der Waals surface area contributed by atoms with Crippen LogP contribution in [-0.2, 0) is 0 Å². The lowest BCUT2D eigenvalue weighted by Gasteiger charge is -2.09. The van der Waals surface area contributed by atoms with E-state index < -0.39 is 0 Å². The van der Waals surface area contributed by atoms with E-state index >= 15 is 0 Å². The summed E-state index contributed by atoms with van der Waals surface area (Å²) in [5.41, 5.74) is 2.71. The zero-order valence-electron chi connectivity index (χ0n) is 9.69. The maximum absolute atomic E-state index is 4.03. The van der Waals surface area contributed by atoms with E-state index in [1.54, 1.807) is 0 Å². The number of hydrogen-bond acceptors (Lipinski definition) is 0. The molecule has 0 spiro atoms. The summed E-state index contributed by atoms with van der Waals surface area (Å²) in [5, 5.41) is 0. The fourth-order valence-corrected chi connectivity index (χ4v) is 1.27. The van der Waals surface area contributed by atoms with Crippen LogP contribution in [0.25, 0.3) is 0 Å². The lowest BCUT2D eigenvalue weighted by atomic mass is 9.97. The molecule has 0 radical (unpaired) electrons. The van der Waals surface area contributed by atoms with Crippen LogP contribution in [0.2, 0.25) is 0 Å². The Bertz CT molecular complexity index is 174. The summed E-state index contributed by atoms with van der Waals surface area (Å²) in [7, 11) is 0. The summed E-state index contributed by atoms with van der Waals surface area (Å²) in [6, 6.07) is 0. The minimum absolute atomic E-state index is 0.698. The van der Waals surface area contributed by atoms with E-state index in [0.717, 1.165) is 0 Å². The van der Waals surface area contributed by atoms with Crippen molar-refractivity contribution < 1.29 is 0 Å². The van der Waals surface area contributed by atoms with E-state index in [9.17, 15) is 0 Å². The summed E-state index contributed by atoms with van der Waals surface area (Å²) in [4.78, 5) is 0. The van der Waals surface area contributed by atoms with Crippen molar-refractivity contribution in [3.63, 3.8) is 0 Å². The summed E-state index contributed by atoms with van der Waals surface area (Å²) in [5.74, 6) is 0.698. The highest BCUT2D eigenvalue weighted by Crippen LogP contribution is 2.18. The molecule has 0 N–H and O–H groups in total. The number of allylic oxidation sites excluding steroid dienone is 3. The van der Waals surface area contributed by atoms with Crippen LogP contribution in [0, 0.1) is 5.92 Å². The Morgan fingerprint density at radius 3 is 2.38 bits per heavy atom. The van der Waals surface area contributed by atoms with E-state index in [1.807, 2.05) is 0 Å². The van der Waals surface area contributed by atoms with Crippen LogP contribution in [0.5, 0.6) is 0 Å². The first kappa shape index (κ1) is 12.5. The zero-order valence-corrected chi connectivity index (χ0v) is 9.69. The van der Waals surface area contributed by atoms with Gasteiger partial charge in [0.25, 0.3) is 0 Å². The molecule has 0 rings (SSSR count). The number of hydrogen-bond donors (Lipinski definition) is 0. The van der Waals surface area contributed by atoms with Gasteiger partial charge in [-0.2, -0.15) is 0 Å². The van der Waals surface area contributed by atoms with Crippen molar-refractivity contribution in [2.24, 2.45) is 5.92 Å². The van der Waals surface area contributed by atoms with E-state index in [-0.39, 0.29) is 0 Å². The number of unbranched alkanes of at least 4 members (excludes halogenated alkanes) is 1. The van der Waals surface area contributed by atoms with Gasteiger partial charge in [0.15, 0.2) is 0 Å². The van der Waals surface area contributed by atoms with Crippen LogP contribution in [0.1, 0.15) is 53.4 Å². The lowest BCUT2D eigenvalue weighted by Crippen LogP contribution is -1.92. The van der Waals surface area contributed by atoms with Gasteiger partial charge < -0.3 is 0 Å². The molecule has 0 saturated heterocycles. The Morgan fingerprint density at radius 2 is 2.00 bits per heavy atom. The zero-order chi connectivity index (χ0) is 10.3. The molecular weight excluding hydrogens is 156 g/mol. The highest BCUT2D eigenvalue weighted by atomic mass is 14.1. The Morgan fingerprint density at radius 1 is 1.38 bits per heavy atom.